The molecule has 0 unspecified atom stereocenters. The molecule has 0 aromatic heterocycles. The molecule has 1 N–H and O–H groups in total. The quantitative estimate of drug-likeness (QED) is 0.469. The smallest absolute Gasteiger partial charge is 0.264 e. The highest BCUT2D eigenvalue weighted by Gasteiger charge is 2.09. The normalized spacial score (nSPS) is 15.0. The molecule has 6 nitrogen and oxygen atoms in total. The van der Waals surface area contributed by atoms with Crippen LogP contribution >= 0.6 is 0 Å². The number of anilines is 1. The summed E-state index contributed by atoms with van der Waals surface area (Å²) in [6, 6.07) is 9.84. The lowest BCUT2D eigenvalue weighted by molar-refractivity contribution is 0.402. The van der Waals surface area contributed by atoms with Crippen LogP contribution in [0.5, 0.6) is 0 Å². The van der Waals surface area contributed by atoms with Crippen molar-refractivity contribution in [2.75, 3.05) is 30.9 Å². The molecule has 0 amide bonds. The zero-order chi connectivity index (χ0) is 16.7. The van der Waals surface area contributed by atoms with E-state index >= 15 is 0 Å². The van der Waals surface area contributed by atoms with Gasteiger partial charge in [0, 0.05) is 20.1 Å². The number of para-hydroxylation sites is 1. The number of hydrogen-bond donors (Lipinski definition) is 1. The fraction of sp³-hybridized carbons (Fsp3) is 0.312. The summed E-state index contributed by atoms with van der Waals surface area (Å²) in [5, 5.41) is 6.21. The summed E-state index contributed by atoms with van der Waals surface area (Å²) in [6.07, 6.45) is 7.97. The Morgan fingerprint density at radius 2 is 2.09 bits per heavy atom. The maximum Gasteiger partial charge on any atom is 0.264 e. The minimum absolute atomic E-state index is 0.221. The molecule has 0 spiro atoms. The molecule has 1 aliphatic heterocycles. The van der Waals surface area contributed by atoms with Crippen LogP contribution in [0.15, 0.2) is 59.4 Å². The molecule has 2 rings (SSSR count). The molecule has 0 atom stereocenters. The van der Waals surface area contributed by atoms with Gasteiger partial charge >= 0.3 is 0 Å². The van der Waals surface area contributed by atoms with Crippen LogP contribution in [0.1, 0.15) is 6.42 Å². The SMILES string of the molecule is CN(N=CC1=CC=CN(CCCS(=O)(=O)O)C1)c1ccccc1. The molecule has 1 aromatic carbocycles. The van der Waals surface area contributed by atoms with E-state index in [-0.39, 0.29) is 5.75 Å². The zero-order valence-corrected chi connectivity index (χ0v) is 13.9. The summed E-state index contributed by atoms with van der Waals surface area (Å²) in [4.78, 5) is 2.00. The third kappa shape index (κ3) is 6.25. The van der Waals surface area contributed by atoms with Crippen molar-refractivity contribution in [3.05, 3.63) is 54.3 Å². The minimum atomic E-state index is -3.89. The van der Waals surface area contributed by atoms with Crippen LogP contribution in [-0.4, -0.2) is 50.0 Å². The highest BCUT2D eigenvalue weighted by Crippen LogP contribution is 2.12. The number of rotatable bonds is 7. The molecule has 1 aromatic rings. The molecule has 1 aliphatic rings. The lowest BCUT2D eigenvalue weighted by atomic mass is 10.2. The number of allylic oxidation sites excluding steroid dienone is 2. The molecular weight excluding hydrogens is 314 g/mol. The first kappa shape index (κ1) is 17.2. The Morgan fingerprint density at radius 3 is 2.78 bits per heavy atom. The van der Waals surface area contributed by atoms with Gasteiger partial charge in [0.15, 0.2) is 0 Å². The van der Waals surface area contributed by atoms with Gasteiger partial charge in [0.25, 0.3) is 10.1 Å². The van der Waals surface area contributed by atoms with Gasteiger partial charge in [-0.2, -0.15) is 13.5 Å². The summed E-state index contributed by atoms with van der Waals surface area (Å²) in [5.74, 6) is -0.221. The van der Waals surface area contributed by atoms with E-state index in [4.69, 9.17) is 4.55 Å². The Morgan fingerprint density at radius 1 is 1.35 bits per heavy atom. The highest BCUT2D eigenvalue weighted by atomic mass is 32.2. The summed E-state index contributed by atoms with van der Waals surface area (Å²) >= 11 is 0. The highest BCUT2D eigenvalue weighted by molar-refractivity contribution is 7.85. The molecule has 124 valence electrons. The van der Waals surface area contributed by atoms with Crippen molar-refractivity contribution in [1.82, 2.24) is 4.90 Å². The van der Waals surface area contributed by atoms with E-state index in [1.54, 1.807) is 11.2 Å². The average Bonchev–Trinajstić information content (AvgIpc) is 2.53. The van der Waals surface area contributed by atoms with Crippen molar-refractivity contribution in [3.63, 3.8) is 0 Å². The second-order valence-electron chi connectivity index (χ2n) is 5.30. The fourth-order valence-electron chi connectivity index (χ4n) is 2.19. The predicted molar refractivity (Wildman–Crippen MR) is 93.2 cm³/mol. The first-order valence-electron chi connectivity index (χ1n) is 7.33. The third-order valence-corrected chi connectivity index (χ3v) is 4.17. The minimum Gasteiger partial charge on any atom is -0.373 e. The first-order valence-corrected chi connectivity index (χ1v) is 8.94. The van der Waals surface area contributed by atoms with Crippen LogP contribution < -0.4 is 5.01 Å². The van der Waals surface area contributed by atoms with E-state index in [9.17, 15) is 8.42 Å². The lowest BCUT2D eigenvalue weighted by Gasteiger charge is -2.23. The third-order valence-electron chi connectivity index (χ3n) is 3.37. The van der Waals surface area contributed by atoms with Crippen LogP contribution in [0.2, 0.25) is 0 Å². The second-order valence-corrected chi connectivity index (χ2v) is 6.87. The molecule has 1 heterocycles. The standard InChI is InChI=1S/C16H21N3O3S/c1-18(16-8-3-2-4-9-16)17-13-15-7-5-10-19(14-15)11-6-12-23(20,21)22/h2-5,7-10,13H,6,11-12,14H2,1H3,(H,20,21,22). The summed E-state index contributed by atoms with van der Waals surface area (Å²) in [7, 11) is -2.01. The molecule has 0 radical (unpaired) electrons. The van der Waals surface area contributed by atoms with Gasteiger partial charge < -0.3 is 4.90 Å². The van der Waals surface area contributed by atoms with Gasteiger partial charge in [0.1, 0.15) is 0 Å². The Kier molecular flexibility index (Phi) is 5.95. The molecule has 0 bridgehead atoms. The van der Waals surface area contributed by atoms with Crippen LogP contribution in [-0.2, 0) is 10.1 Å². The average molecular weight is 335 g/mol. The topological polar surface area (TPSA) is 73.2 Å². The molecule has 23 heavy (non-hydrogen) atoms. The number of nitrogens with zero attached hydrogens (tertiary/aromatic N) is 3. The number of hydrazone groups is 1. The van der Waals surface area contributed by atoms with Crippen LogP contribution in [0, 0.1) is 0 Å². The largest absolute Gasteiger partial charge is 0.373 e. The van der Waals surface area contributed by atoms with Crippen molar-refractivity contribution in [2.45, 2.75) is 6.42 Å². The van der Waals surface area contributed by atoms with Gasteiger partial charge in [-0.1, -0.05) is 24.3 Å². The van der Waals surface area contributed by atoms with Gasteiger partial charge in [-0.25, -0.2) is 0 Å². The lowest BCUT2D eigenvalue weighted by Crippen LogP contribution is -2.25. The Labute approximate surface area is 137 Å². The van der Waals surface area contributed by atoms with Crippen molar-refractivity contribution >= 4 is 22.0 Å². The Balaban J connectivity index is 1.85. The van der Waals surface area contributed by atoms with E-state index < -0.39 is 10.1 Å². The van der Waals surface area contributed by atoms with Crippen LogP contribution in [0.3, 0.4) is 0 Å². The summed E-state index contributed by atoms with van der Waals surface area (Å²) < 4.78 is 30.2. The number of hydrogen-bond acceptors (Lipinski definition) is 5. The Hall–Kier alpha value is -2.12. The molecule has 7 heteroatoms. The van der Waals surface area contributed by atoms with Gasteiger partial charge in [-0.15, -0.1) is 0 Å². The van der Waals surface area contributed by atoms with E-state index in [0.717, 1.165) is 11.3 Å². The molecule has 0 aliphatic carbocycles. The van der Waals surface area contributed by atoms with E-state index in [1.165, 1.54) is 0 Å². The van der Waals surface area contributed by atoms with Crippen molar-refractivity contribution in [2.24, 2.45) is 5.10 Å². The van der Waals surface area contributed by atoms with E-state index in [0.29, 0.717) is 19.5 Å². The summed E-state index contributed by atoms with van der Waals surface area (Å²) in [6.45, 7) is 1.23. The molecule has 0 saturated carbocycles. The maximum atomic E-state index is 10.7. The molecule has 0 fully saturated rings. The monoisotopic (exact) mass is 335 g/mol. The first-order chi connectivity index (χ1) is 10.9. The molecule has 0 saturated heterocycles. The van der Waals surface area contributed by atoms with Gasteiger partial charge in [-0.05, 0) is 36.4 Å². The van der Waals surface area contributed by atoms with Crippen molar-refractivity contribution < 1.29 is 13.0 Å². The maximum absolute atomic E-state index is 10.7. The fourth-order valence-corrected chi connectivity index (χ4v) is 2.68. The Bertz CT molecular complexity index is 697. The van der Waals surface area contributed by atoms with Gasteiger partial charge in [0.05, 0.1) is 17.7 Å². The molecular formula is C16H21N3O3S. The van der Waals surface area contributed by atoms with E-state index in [2.05, 4.69) is 5.10 Å². The summed E-state index contributed by atoms with van der Waals surface area (Å²) in [5.41, 5.74) is 2.03. The van der Waals surface area contributed by atoms with Crippen LogP contribution in [0.4, 0.5) is 5.69 Å². The van der Waals surface area contributed by atoms with Crippen LogP contribution in [0.25, 0.3) is 0 Å². The zero-order valence-electron chi connectivity index (χ0n) is 13.0. The van der Waals surface area contributed by atoms with Crippen molar-refractivity contribution in [3.8, 4) is 0 Å². The van der Waals surface area contributed by atoms with Gasteiger partial charge in [0.2, 0.25) is 0 Å². The number of benzene rings is 1. The van der Waals surface area contributed by atoms with Crippen molar-refractivity contribution in [1.29, 1.82) is 0 Å². The van der Waals surface area contributed by atoms with Gasteiger partial charge in [-0.3, -0.25) is 9.56 Å². The predicted octanol–water partition coefficient (Wildman–Crippen LogP) is 2.14. The van der Waals surface area contributed by atoms with E-state index in [1.807, 2.05) is 60.6 Å². The second kappa shape index (κ2) is 7.94.